The molecule has 1 heterocycles. The highest BCUT2D eigenvalue weighted by molar-refractivity contribution is 5.49. The summed E-state index contributed by atoms with van der Waals surface area (Å²) in [6, 6.07) is 9.44. The fraction of sp³-hybridized carbons (Fsp3) is 0.625. The minimum Gasteiger partial charge on any atom is -0.366 e. The van der Waals surface area contributed by atoms with E-state index in [4.69, 9.17) is 5.73 Å². The van der Waals surface area contributed by atoms with Gasteiger partial charge in [0.15, 0.2) is 0 Å². The molecule has 0 aliphatic carbocycles. The number of nitrogens with two attached hydrogens (primary N) is 1. The molecule has 2 rings (SSSR count). The first kappa shape index (κ1) is 14.4. The van der Waals surface area contributed by atoms with Crippen molar-refractivity contribution in [2.24, 2.45) is 5.73 Å². The topological polar surface area (TPSA) is 32.5 Å². The van der Waals surface area contributed by atoms with Gasteiger partial charge in [-0.25, -0.2) is 0 Å². The Bertz CT molecular complexity index is 385. The molecule has 1 saturated heterocycles. The van der Waals surface area contributed by atoms with Gasteiger partial charge in [-0.05, 0) is 43.6 Å². The molecule has 19 heavy (non-hydrogen) atoms. The van der Waals surface area contributed by atoms with Crippen LogP contribution in [0.15, 0.2) is 24.3 Å². The molecular weight excluding hydrogens is 234 g/mol. The van der Waals surface area contributed by atoms with Crippen LogP contribution in [0.2, 0.25) is 0 Å². The van der Waals surface area contributed by atoms with Crippen molar-refractivity contribution in [1.29, 1.82) is 0 Å². The molecule has 2 N–H and O–H groups in total. The fourth-order valence-corrected chi connectivity index (χ4v) is 2.84. The summed E-state index contributed by atoms with van der Waals surface area (Å²) in [6.45, 7) is 8.51. The number of hydrogen-bond donors (Lipinski definition) is 1. The molecule has 0 aromatic heterocycles. The van der Waals surface area contributed by atoms with Crippen molar-refractivity contribution in [3.05, 3.63) is 29.8 Å². The van der Waals surface area contributed by atoms with Gasteiger partial charge in [-0.3, -0.25) is 0 Å². The highest BCUT2D eigenvalue weighted by Crippen LogP contribution is 2.23. The van der Waals surface area contributed by atoms with Gasteiger partial charge in [-0.2, -0.15) is 0 Å². The van der Waals surface area contributed by atoms with Crippen molar-refractivity contribution in [3.8, 4) is 0 Å². The molecule has 3 nitrogen and oxygen atoms in total. The smallest absolute Gasteiger partial charge is 0.0539 e. The van der Waals surface area contributed by atoms with Crippen LogP contribution in [0.25, 0.3) is 0 Å². The number of anilines is 1. The zero-order valence-corrected chi connectivity index (χ0v) is 12.5. The highest BCUT2D eigenvalue weighted by Gasteiger charge is 2.22. The maximum Gasteiger partial charge on any atom is 0.0539 e. The van der Waals surface area contributed by atoms with Crippen molar-refractivity contribution >= 4 is 5.69 Å². The van der Waals surface area contributed by atoms with Crippen molar-refractivity contribution in [3.63, 3.8) is 0 Å². The maximum atomic E-state index is 5.97. The van der Waals surface area contributed by atoms with E-state index in [2.05, 4.69) is 55.0 Å². The molecule has 0 amide bonds. The number of nitrogens with zero attached hydrogens (tertiary/aromatic N) is 2. The lowest BCUT2D eigenvalue weighted by atomic mass is 10.0. The molecule has 1 aromatic carbocycles. The molecule has 106 valence electrons. The van der Waals surface area contributed by atoms with Crippen LogP contribution >= 0.6 is 0 Å². The van der Waals surface area contributed by atoms with Crippen molar-refractivity contribution in [2.45, 2.75) is 32.2 Å². The van der Waals surface area contributed by atoms with E-state index in [-0.39, 0.29) is 0 Å². The number of likely N-dealkylation sites (N-methyl/N-ethyl adjacent to an activating group) is 1. The highest BCUT2D eigenvalue weighted by atomic mass is 15.2. The molecule has 0 saturated carbocycles. The van der Waals surface area contributed by atoms with Gasteiger partial charge in [-0.1, -0.05) is 26.0 Å². The minimum absolute atomic E-state index is 0.428. The third-order valence-corrected chi connectivity index (χ3v) is 4.07. The minimum atomic E-state index is 0.428. The van der Waals surface area contributed by atoms with Crippen LogP contribution in [0.1, 0.15) is 31.7 Å². The van der Waals surface area contributed by atoms with Crippen LogP contribution in [0, 0.1) is 0 Å². The Hall–Kier alpha value is -1.06. The summed E-state index contributed by atoms with van der Waals surface area (Å²) in [4.78, 5) is 4.87. The predicted octanol–water partition coefficient (Wildman–Crippen LogP) is 2.28. The van der Waals surface area contributed by atoms with Crippen molar-refractivity contribution < 1.29 is 0 Å². The number of hydrogen-bond acceptors (Lipinski definition) is 3. The summed E-state index contributed by atoms with van der Waals surface area (Å²) in [6.07, 6.45) is 1.21. The summed E-state index contributed by atoms with van der Waals surface area (Å²) in [5.74, 6) is 0.592. The molecule has 0 spiro atoms. The normalized spacial score (nSPS) is 21.7. The first-order chi connectivity index (χ1) is 9.11. The van der Waals surface area contributed by atoms with Crippen LogP contribution in [-0.4, -0.2) is 44.2 Å². The molecule has 1 aliphatic heterocycles. The molecule has 1 aliphatic rings. The Labute approximate surface area is 117 Å². The van der Waals surface area contributed by atoms with E-state index in [9.17, 15) is 0 Å². The van der Waals surface area contributed by atoms with Crippen molar-refractivity contribution in [2.75, 3.05) is 38.1 Å². The second kappa shape index (κ2) is 6.40. The standard InChI is InChI=1S/C16H27N3/c1-13(2)14-5-7-15(8-6-14)19-10-4-9-18(3)12-16(19)11-17/h5-8,13,16H,4,9-12,17H2,1-3H3. The average molecular weight is 261 g/mol. The Kier molecular flexibility index (Phi) is 4.83. The summed E-state index contributed by atoms with van der Waals surface area (Å²) in [5.41, 5.74) is 8.69. The third kappa shape index (κ3) is 3.48. The fourth-order valence-electron chi connectivity index (χ4n) is 2.84. The van der Waals surface area contributed by atoms with Gasteiger partial charge in [0.05, 0.1) is 6.04 Å². The van der Waals surface area contributed by atoms with Gasteiger partial charge in [0.2, 0.25) is 0 Å². The zero-order valence-electron chi connectivity index (χ0n) is 12.5. The molecule has 3 heteroatoms. The second-order valence-corrected chi connectivity index (χ2v) is 5.94. The summed E-state index contributed by atoms with van der Waals surface area (Å²) < 4.78 is 0. The van der Waals surface area contributed by atoms with E-state index in [1.807, 2.05) is 0 Å². The van der Waals surface area contributed by atoms with Crippen LogP contribution in [0.4, 0.5) is 5.69 Å². The van der Waals surface area contributed by atoms with Crippen LogP contribution in [0.5, 0.6) is 0 Å². The maximum absolute atomic E-state index is 5.97. The van der Waals surface area contributed by atoms with E-state index in [0.29, 0.717) is 12.0 Å². The largest absolute Gasteiger partial charge is 0.366 e. The van der Waals surface area contributed by atoms with E-state index in [1.54, 1.807) is 0 Å². The zero-order chi connectivity index (χ0) is 13.8. The molecule has 0 radical (unpaired) electrons. The Morgan fingerprint density at radius 2 is 1.89 bits per heavy atom. The lowest BCUT2D eigenvalue weighted by molar-refractivity contribution is 0.332. The monoisotopic (exact) mass is 261 g/mol. The van der Waals surface area contributed by atoms with Crippen LogP contribution < -0.4 is 10.6 Å². The average Bonchev–Trinajstić information content (AvgIpc) is 2.60. The van der Waals surface area contributed by atoms with E-state index >= 15 is 0 Å². The SMILES string of the molecule is CC(C)c1ccc(N2CCCN(C)CC2CN)cc1. The van der Waals surface area contributed by atoms with Gasteiger partial charge in [0.1, 0.15) is 0 Å². The van der Waals surface area contributed by atoms with E-state index < -0.39 is 0 Å². The molecule has 1 unspecified atom stereocenters. The Morgan fingerprint density at radius 3 is 2.47 bits per heavy atom. The molecule has 1 fully saturated rings. The summed E-state index contributed by atoms with van der Waals surface area (Å²) >= 11 is 0. The van der Waals surface area contributed by atoms with Gasteiger partial charge in [-0.15, -0.1) is 0 Å². The van der Waals surface area contributed by atoms with Gasteiger partial charge in [0, 0.05) is 25.3 Å². The lowest BCUT2D eigenvalue weighted by Crippen LogP contribution is -2.45. The second-order valence-electron chi connectivity index (χ2n) is 5.94. The van der Waals surface area contributed by atoms with Gasteiger partial charge >= 0.3 is 0 Å². The van der Waals surface area contributed by atoms with Crippen molar-refractivity contribution in [1.82, 2.24) is 4.90 Å². The Morgan fingerprint density at radius 1 is 1.21 bits per heavy atom. The molecular formula is C16H27N3. The number of benzene rings is 1. The van der Waals surface area contributed by atoms with E-state index in [0.717, 1.165) is 26.2 Å². The van der Waals surface area contributed by atoms with Crippen LogP contribution in [-0.2, 0) is 0 Å². The predicted molar refractivity (Wildman–Crippen MR) is 82.8 cm³/mol. The quantitative estimate of drug-likeness (QED) is 0.906. The van der Waals surface area contributed by atoms with Crippen LogP contribution in [0.3, 0.4) is 0 Å². The van der Waals surface area contributed by atoms with E-state index in [1.165, 1.54) is 17.7 Å². The third-order valence-electron chi connectivity index (χ3n) is 4.07. The lowest BCUT2D eigenvalue weighted by Gasteiger charge is -2.32. The van der Waals surface area contributed by atoms with Gasteiger partial charge < -0.3 is 15.5 Å². The Balaban J connectivity index is 2.17. The number of rotatable bonds is 3. The molecule has 1 aromatic rings. The first-order valence-corrected chi connectivity index (χ1v) is 7.37. The first-order valence-electron chi connectivity index (χ1n) is 7.37. The van der Waals surface area contributed by atoms with Gasteiger partial charge in [0.25, 0.3) is 0 Å². The summed E-state index contributed by atoms with van der Waals surface area (Å²) in [5, 5.41) is 0. The molecule has 0 bridgehead atoms. The summed E-state index contributed by atoms with van der Waals surface area (Å²) in [7, 11) is 2.19. The molecule has 1 atom stereocenters.